The van der Waals surface area contributed by atoms with Gasteiger partial charge in [-0.1, -0.05) is 62.2 Å². The molecule has 1 saturated heterocycles. The zero-order chi connectivity index (χ0) is 32.4. The van der Waals surface area contributed by atoms with Crippen LogP contribution >= 0.6 is 0 Å². The number of rotatable bonds is 12. The normalized spacial score (nSPS) is 14.6. The second-order valence-electron chi connectivity index (χ2n) is 11.2. The molecule has 0 aliphatic carbocycles. The number of sulfonamides is 1. The summed E-state index contributed by atoms with van der Waals surface area (Å²) in [4.78, 5) is 33.8. The van der Waals surface area contributed by atoms with Crippen molar-refractivity contribution in [3.63, 3.8) is 0 Å². The first-order valence-electron chi connectivity index (χ1n) is 15.1. The van der Waals surface area contributed by atoms with Crippen LogP contribution in [0.2, 0.25) is 0 Å². The van der Waals surface area contributed by atoms with E-state index >= 15 is 0 Å². The number of carbonyl (C=O) groups excluding carboxylic acids is 2. The van der Waals surface area contributed by atoms with Gasteiger partial charge in [0.05, 0.1) is 11.4 Å². The highest BCUT2D eigenvalue weighted by atomic mass is 32.2. The zero-order valence-corrected chi connectivity index (χ0v) is 26.6. The minimum absolute atomic E-state index is 0.0339. The molecule has 1 heterocycles. The number of nitrogens with two attached hydrogens (primary N) is 2. The van der Waals surface area contributed by atoms with Crippen LogP contribution in [-0.4, -0.2) is 70.5 Å². The Morgan fingerprint density at radius 3 is 2.42 bits per heavy atom. The maximum Gasteiger partial charge on any atom is 0.435 e. The highest BCUT2D eigenvalue weighted by Gasteiger charge is 2.21. The van der Waals surface area contributed by atoms with Crippen LogP contribution < -0.4 is 21.1 Å². The molecular weight excluding hydrogens is 592 g/mol. The van der Waals surface area contributed by atoms with Gasteiger partial charge in [-0.3, -0.25) is 4.79 Å². The third kappa shape index (κ3) is 9.87. The number of ether oxygens (including phenoxy) is 1. The summed E-state index contributed by atoms with van der Waals surface area (Å²) in [6, 6.07) is 20.7. The quantitative estimate of drug-likeness (QED) is 0.148. The number of hydrogen-bond donors (Lipinski definition) is 3. The predicted octanol–water partition coefficient (Wildman–Crippen LogP) is 4.57. The lowest BCUT2D eigenvalue weighted by molar-refractivity contribution is -0.115. The summed E-state index contributed by atoms with van der Waals surface area (Å²) in [7, 11) is -1.86. The molecule has 45 heavy (non-hydrogen) atoms. The summed E-state index contributed by atoms with van der Waals surface area (Å²) in [5.41, 5.74) is 9.25. The van der Waals surface area contributed by atoms with Gasteiger partial charge < -0.3 is 25.6 Å². The van der Waals surface area contributed by atoms with E-state index in [1.54, 1.807) is 48.5 Å². The summed E-state index contributed by atoms with van der Waals surface area (Å²) in [5, 5.41) is 8.31. The first-order valence-corrected chi connectivity index (χ1v) is 16.7. The van der Waals surface area contributed by atoms with Crippen LogP contribution in [0.4, 0.5) is 16.2 Å². The van der Waals surface area contributed by atoms with Crippen LogP contribution in [0.5, 0.6) is 0 Å². The SMILES string of the molecule is CCCCCN(CC(=O)Nc1ccc(-c2ccccc2S(N)(=O)=O)cc1)c1cccc(C(N)=NC(=O)OC2CCN(C)CC2)c1. The monoisotopic (exact) mass is 634 g/mol. The Kier molecular flexibility index (Phi) is 11.7. The average molecular weight is 635 g/mol. The van der Waals surface area contributed by atoms with Gasteiger partial charge in [0, 0.05) is 42.1 Å². The molecule has 0 aromatic heterocycles. The van der Waals surface area contributed by atoms with Crippen molar-refractivity contribution < 1.29 is 22.7 Å². The number of nitrogens with zero attached hydrogens (tertiary/aromatic N) is 3. The topological polar surface area (TPSA) is 160 Å². The smallest absolute Gasteiger partial charge is 0.435 e. The molecular formula is C33H42N6O5S. The average Bonchev–Trinajstić information content (AvgIpc) is 3.02. The molecule has 5 N–H and O–H groups in total. The molecule has 11 nitrogen and oxygen atoms in total. The summed E-state index contributed by atoms with van der Waals surface area (Å²) < 4.78 is 29.6. The van der Waals surface area contributed by atoms with Gasteiger partial charge in [0.2, 0.25) is 15.9 Å². The molecule has 0 atom stereocenters. The Morgan fingerprint density at radius 2 is 1.73 bits per heavy atom. The zero-order valence-electron chi connectivity index (χ0n) is 25.8. The summed E-state index contributed by atoms with van der Waals surface area (Å²) in [5.74, 6) is -0.172. The molecule has 12 heteroatoms. The van der Waals surface area contributed by atoms with E-state index in [2.05, 4.69) is 22.1 Å². The van der Waals surface area contributed by atoms with Crippen LogP contribution in [-0.2, 0) is 19.6 Å². The third-order valence-electron chi connectivity index (χ3n) is 7.69. The van der Waals surface area contributed by atoms with Gasteiger partial charge in [-0.2, -0.15) is 4.99 Å². The fourth-order valence-electron chi connectivity index (χ4n) is 5.21. The molecule has 1 aliphatic rings. The molecule has 1 fully saturated rings. The second-order valence-corrected chi connectivity index (χ2v) is 12.8. The lowest BCUT2D eigenvalue weighted by atomic mass is 10.1. The highest BCUT2D eigenvalue weighted by Crippen LogP contribution is 2.28. The van der Waals surface area contributed by atoms with E-state index in [1.807, 2.05) is 30.1 Å². The van der Waals surface area contributed by atoms with E-state index in [9.17, 15) is 18.0 Å². The Bertz CT molecular complexity index is 1600. The Balaban J connectivity index is 1.44. The largest absolute Gasteiger partial charge is 0.444 e. The van der Waals surface area contributed by atoms with E-state index in [0.717, 1.165) is 50.9 Å². The molecule has 4 rings (SSSR count). The number of aliphatic imine (C=N–C) groups is 1. The number of carbonyl (C=O) groups is 2. The lowest BCUT2D eigenvalue weighted by Crippen LogP contribution is -2.35. The Labute approximate surface area is 265 Å². The van der Waals surface area contributed by atoms with Crippen LogP contribution in [0.15, 0.2) is 82.7 Å². The third-order valence-corrected chi connectivity index (χ3v) is 8.66. The van der Waals surface area contributed by atoms with Gasteiger partial charge in [0.1, 0.15) is 11.9 Å². The van der Waals surface area contributed by atoms with Crippen molar-refractivity contribution in [2.24, 2.45) is 15.9 Å². The highest BCUT2D eigenvalue weighted by molar-refractivity contribution is 7.89. The van der Waals surface area contributed by atoms with E-state index in [-0.39, 0.29) is 29.3 Å². The van der Waals surface area contributed by atoms with E-state index in [0.29, 0.717) is 28.9 Å². The van der Waals surface area contributed by atoms with Crippen LogP contribution in [0, 0.1) is 0 Å². The summed E-state index contributed by atoms with van der Waals surface area (Å²) >= 11 is 0. The number of amidine groups is 1. The van der Waals surface area contributed by atoms with E-state index < -0.39 is 16.1 Å². The minimum Gasteiger partial charge on any atom is -0.444 e. The molecule has 1 aliphatic heterocycles. The van der Waals surface area contributed by atoms with Gasteiger partial charge >= 0.3 is 6.09 Å². The standard InChI is InChI=1S/C33H42N6O5S/c1-3-4-7-19-39(27-10-8-9-25(22-27)32(34)37-33(41)44-28-17-20-38(2)21-18-28)23-31(40)36-26-15-13-24(14-16-26)29-11-5-6-12-30(29)45(35,42)43/h5-6,8-16,22,28H,3-4,7,17-21,23H2,1-2H3,(H,36,40)(H2,34,37,41)(H2,35,42,43). The van der Waals surface area contributed by atoms with Crippen molar-refractivity contribution in [2.45, 2.75) is 50.0 Å². The molecule has 0 spiro atoms. The van der Waals surface area contributed by atoms with E-state index in [1.165, 1.54) is 6.07 Å². The van der Waals surface area contributed by atoms with Gasteiger partial charge in [-0.05, 0) is 62.2 Å². The number of primary sulfonamides is 1. The maximum atomic E-state index is 13.2. The second kappa shape index (κ2) is 15.6. The van der Waals surface area contributed by atoms with Gasteiger partial charge in [0.25, 0.3) is 0 Å². The molecule has 3 aromatic carbocycles. The first kappa shape index (κ1) is 33.6. The summed E-state index contributed by atoms with van der Waals surface area (Å²) in [6.07, 6.45) is 3.57. The fraction of sp³-hybridized carbons (Fsp3) is 0.364. The lowest BCUT2D eigenvalue weighted by Gasteiger charge is -2.28. The van der Waals surface area contributed by atoms with Crippen molar-refractivity contribution in [3.8, 4) is 11.1 Å². The predicted molar refractivity (Wildman–Crippen MR) is 178 cm³/mol. The molecule has 0 unspecified atom stereocenters. The van der Waals surface area contributed by atoms with E-state index in [4.69, 9.17) is 15.6 Å². The molecule has 2 amide bonds. The molecule has 240 valence electrons. The van der Waals surface area contributed by atoms with Gasteiger partial charge in [-0.25, -0.2) is 18.4 Å². The number of likely N-dealkylation sites (tertiary alicyclic amines) is 1. The number of benzene rings is 3. The number of nitrogens with one attached hydrogen (secondary N) is 1. The fourth-order valence-corrected chi connectivity index (χ4v) is 5.97. The van der Waals surface area contributed by atoms with Crippen LogP contribution in [0.25, 0.3) is 11.1 Å². The van der Waals surface area contributed by atoms with Crippen molar-refractivity contribution >= 4 is 39.2 Å². The number of hydrogen-bond acceptors (Lipinski definition) is 7. The number of anilines is 2. The Morgan fingerprint density at radius 1 is 1.02 bits per heavy atom. The molecule has 0 saturated carbocycles. The van der Waals surface area contributed by atoms with Crippen molar-refractivity contribution in [2.75, 3.05) is 43.4 Å². The van der Waals surface area contributed by atoms with Crippen molar-refractivity contribution in [3.05, 3.63) is 78.4 Å². The van der Waals surface area contributed by atoms with Crippen molar-refractivity contribution in [1.82, 2.24) is 4.90 Å². The van der Waals surface area contributed by atoms with Crippen molar-refractivity contribution in [1.29, 1.82) is 0 Å². The maximum absolute atomic E-state index is 13.2. The molecule has 0 bridgehead atoms. The van der Waals surface area contributed by atoms with Crippen LogP contribution in [0.3, 0.4) is 0 Å². The van der Waals surface area contributed by atoms with Gasteiger partial charge in [-0.15, -0.1) is 0 Å². The van der Waals surface area contributed by atoms with Gasteiger partial charge in [0.15, 0.2) is 0 Å². The van der Waals surface area contributed by atoms with Crippen LogP contribution in [0.1, 0.15) is 44.6 Å². The molecule has 3 aromatic rings. The minimum atomic E-state index is -3.90. The summed E-state index contributed by atoms with van der Waals surface area (Å²) in [6.45, 7) is 4.56. The molecule has 0 radical (unpaired) electrons. The number of piperidine rings is 1. The first-order chi connectivity index (χ1) is 21.5. The Hall–Kier alpha value is -4.26. The number of amides is 2. The number of unbranched alkanes of at least 4 members (excludes halogenated alkanes) is 2.